The SMILES string of the molecule is C(=Cc1cc(-c2cc3ccccc3c3ccccc23)c2ccccc2c1C=Cc1ccc(C=C(c2ccccc2)c2ccccc2)cc1)c1ccc(C=C(c2ccccc2)c2ccccc2)cc1. The van der Waals surface area contributed by atoms with E-state index in [2.05, 4.69) is 291 Å². The molecule has 11 aromatic rings. The Morgan fingerprint density at radius 3 is 1.09 bits per heavy atom. The van der Waals surface area contributed by atoms with E-state index in [1.165, 1.54) is 82.4 Å². The molecule has 0 spiro atoms. The summed E-state index contributed by atoms with van der Waals surface area (Å²) in [6.07, 6.45) is 13.7. The second-order valence-electron chi connectivity index (χ2n) is 17.2. The van der Waals surface area contributed by atoms with Crippen molar-refractivity contribution in [1.82, 2.24) is 0 Å². The highest BCUT2D eigenvalue weighted by Crippen LogP contribution is 2.41. The highest BCUT2D eigenvalue weighted by Gasteiger charge is 2.15. The average molecular weight is 865 g/mol. The van der Waals surface area contributed by atoms with Gasteiger partial charge in [-0.25, -0.2) is 0 Å². The molecule has 0 heteroatoms. The molecular formula is C68H48. The Hall–Kier alpha value is -8.84. The zero-order valence-corrected chi connectivity index (χ0v) is 37.7. The normalized spacial score (nSPS) is 11.4. The summed E-state index contributed by atoms with van der Waals surface area (Å²) in [4.78, 5) is 0. The fourth-order valence-corrected chi connectivity index (χ4v) is 9.49. The van der Waals surface area contributed by atoms with Crippen molar-refractivity contribution in [3.05, 3.63) is 310 Å². The van der Waals surface area contributed by atoms with Gasteiger partial charge in [-0.15, -0.1) is 0 Å². The van der Waals surface area contributed by atoms with E-state index in [9.17, 15) is 0 Å². The molecule has 0 heterocycles. The fraction of sp³-hybridized carbons (Fsp3) is 0. The first kappa shape index (κ1) is 41.8. The van der Waals surface area contributed by atoms with Crippen LogP contribution in [-0.2, 0) is 0 Å². The monoisotopic (exact) mass is 864 g/mol. The zero-order valence-electron chi connectivity index (χ0n) is 37.7. The number of hydrogen-bond donors (Lipinski definition) is 0. The molecule has 0 atom stereocenters. The topological polar surface area (TPSA) is 0 Å². The number of hydrogen-bond acceptors (Lipinski definition) is 0. The van der Waals surface area contributed by atoms with Gasteiger partial charge in [-0.3, -0.25) is 0 Å². The van der Waals surface area contributed by atoms with Crippen molar-refractivity contribution in [3.8, 4) is 11.1 Å². The first-order valence-corrected chi connectivity index (χ1v) is 23.4. The predicted molar refractivity (Wildman–Crippen MR) is 295 cm³/mol. The Morgan fingerprint density at radius 2 is 0.603 bits per heavy atom. The third-order valence-corrected chi connectivity index (χ3v) is 12.9. The van der Waals surface area contributed by atoms with Crippen molar-refractivity contribution in [1.29, 1.82) is 0 Å². The Labute approximate surface area is 399 Å². The Balaban J connectivity index is 1.00. The summed E-state index contributed by atoms with van der Waals surface area (Å²) in [5, 5.41) is 7.46. The van der Waals surface area contributed by atoms with E-state index >= 15 is 0 Å². The molecule has 0 fully saturated rings. The van der Waals surface area contributed by atoms with Crippen molar-refractivity contribution in [2.45, 2.75) is 0 Å². The van der Waals surface area contributed by atoms with Crippen LogP contribution in [0.3, 0.4) is 0 Å². The van der Waals surface area contributed by atoms with E-state index in [1.807, 2.05) is 0 Å². The molecule has 0 nitrogen and oxygen atoms in total. The Kier molecular flexibility index (Phi) is 11.9. The molecule has 0 unspecified atom stereocenters. The van der Waals surface area contributed by atoms with Gasteiger partial charge >= 0.3 is 0 Å². The van der Waals surface area contributed by atoms with E-state index in [1.54, 1.807) is 0 Å². The smallest absolute Gasteiger partial charge is 0.00926 e. The minimum absolute atomic E-state index is 1.14. The molecule has 0 N–H and O–H groups in total. The summed E-state index contributed by atoms with van der Waals surface area (Å²) in [5.74, 6) is 0. The van der Waals surface area contributed by atoms with Crippen LogP contribution in [0.15, 0.2) is 255 Å². The predicted octanol–water partition coefficient (Wildman–Crippen LogP) is 18.3. The number of fused-ring (bicyclic) bond motifs is 4. The van der Waals surface area contributed by atoms with Gasteiger partial charge in [0.25, 0.3) is 0 Å². The molecule has 0 bridgehead atoms. The first-order valence-electron chi connectivity index (χ1n) is 23.4. The summed E-state index contributed by atoms with van der Waals surface area (Å²) in [6, 6.07) is 91.6. The molecule has 11 rings (SSSR count). The maximum absolute atomic E-state index is 2.40. The van der Waals surface area contributed by atoms with Crippen LogP contribution >= 0.6 is 0 Å². The minimum Gasteiger partial charge on any atom is -0.0622 e. The van der Waals surface area contributed by atoms with Crippen LogP contribution in [0.4, 0.5) is 0 Å². The summed E-state index contributed by atoms with van der Waals surface area (Å²) in [6.45, 7) is 0. The fourth-order valence-electron chi connectivity index (χ4n) is 9.49. The van der Waals surface area contributed by atoms with Gasteiger partial charge < -0.3 is 0 Å². The molecule has 0 aliphatic carbocycles. The van der Waals surface area contributed by atoms with Crippen molar-refractivity contribution < 1.29 is 0 Å². The highest BCUT2D eigenvalue weighted by molar-refractivity contribution is 6.17. The van der Waals surface area contributed by atoms with Gasteiger partial charge in [-0.05, 0) is 135 Å². The van der Waals surface area contributed by atoms with Gasteiger partial charge in [0.2, 0.25) is 0 Å². The summed E-state index contributed by atoms with van der Waals surface area (Å²) < 4.78 is 0. The van der Waals surface area contributed by atoms with Crippen LogP contribution in [0.25, 0.3) is 91.0 Å². The molecule has 0 aliphatic heterocycles. The van der Waals surface area contributed by atoms with Gasteiger partial charge in [-0.2, -0.15) is 0 Å². The van der Waals surface area contributed by atoms with Gasteiger partial charge in [0, 0.05) is 0 Å². The lowest BCUT2D eigenvalue weighted by molar-refractivity contribution is 1.55. The van der Waals surface area contributed by atoms with Gasteiger partial charge in [-0.1, -0.05) is 267 Å². The van der Waals surface area contributed by atoms with Crippen LogP contribution in [-0.4, -0.2) is 0 Å². The van der Waals surface area contributed by atoms with Crippen molar-refractivity contribution >= 4 is 79.9 Å². The van der Waals surface area contributed by atoms with Crippen LogP contribution in [0.1, 0.15) is 55.6 Å². The maximum atomic E-state index is 2.40. The molecule has 0 saturated heterocycles. The van der Waals surface area contributed by atoms with E-state index in [-0.39, 0.29) is 0 Å². The average Bonchev–Trinajstić information content (AvgIpc) is 3.42. The molecule has 0 radical (unpaired) electrons. The lowest BCUT2D eigenvalue weighted by Gasteiger charge is -2.17. The zero-order chi connectivity index (χ0) is 45.5. The third kappa shape index (κ3) is 8.92. The minimum atomic E-state index is 1.14. The molecule has 320 valence electrons. The van der Waals surface area contributed by atoms with E-state index < -0.39 is 0 Å². The van der Waals surface area contributed by atoms with E-state index in [0.29, 0.717) is 0 Å². The van der Waals surface area contributed by atoms with Crippen molar-refractivity contribution in [2.24, 2.45) is 0 Å². The summed E-state index contributed by atoms with van der Waals surface area (Å²) in [7, 11) is 0. The molecule has 0 amide bonds. The van der Waals surface area contributed by atoms with Gasteiger partial charge in [0.15, 0.2) is 0 Å². The van der Waals surface area contributed by atoms with Gasteiger partial charge in [0.1, 0.15) is 0 Å². The maximum Gasteiger partial charge on any atom is -0.00926 e. The largest absolute Gasteiger partial charge is 0.0622 e. The van der Waals surface area contributed by atoms with Crippen LogP contribution in [0.5, 0.6) is 0 Å². The quantitative estimate of drug-likeness (QED) is 0.0898. The molecular weight excluding hydrogens is 817 g/mol. The second kappa shape index (κ2) is 19.3. The lowest BCUT2D eigenvalue weighted by atomic mass is 9.87. The highest BCUT2D eigenvalue weighted by atomic mass is 14.2. The molecule has 68 heavy (non-hydrogen) atoms. The van der Waals surface area contributed by atoms with Crippen LogP contribution < -0.4 is 0 Å². The van der Waals surface area contributed by atoms with Crippen LogP contribution in [0.2, 0.25) is 0 Å². The van der Waals surface area contributed by atoms with E-state index in [4.69, 9.17) is 0 Å². The lowest BCUT2D eigenvalue weighted by Crippen LogP contribution is -1.92. The van der Waals surface area contributed by atoms with Crippen LogP contribution in [0, 0.1) is 0 Å². The summed E-state index contributed by atoms with van der Waals surface area (Å²) >= 11 is 0. The molecule has 0 aliphatic rings. The Bertz CT molecular complexity index is 3570. The van der Waals surface area contributed by atoms with Crippen molar-refractivity contribution in [2.75, 3.05) is 0 Å². The summed E-state index contributed by atoms with van der Waals surface area (Å²) in [5.41, 5.74) is 16.6. The number of rotatable bonds is 11. The van der Waals surface area contributed by atoms with Crippen molar-refractivity contribution in [3.63, 3.8) is 0 Å². The molecule has 0 aromatic heterocycles. The van der Waals surface area contributed by atoms with E-state index in [0.717, 1.165) is 27.8 Å². The molecule has 0 saturated carbocycles. The van der Waals surface area contributed by atoms with Gasteiger partial charge in [0.05, 0.1) is 0 Å². The third-order valence-electron chi connectivity index (χ3n) is 12.9. The number of benzene rings is 11. The molecule has 11 aromatic carbocycles. The first-order chi connectivity index (χ1) is 33.7. The Morgan fingerprint density at radius 1 is 0.250 bits per heavy atom. The standard InChI is InChI=1S/C68H48/c1-5-19-53(20-6-1)65(54-21-7-2-8-22-54)45-51-37-33-49(34-38-51)41-43-58-48-68(67-47-57-27-13-14-28-59(57)61-29-15-17-31-63(61)67)64-32-18-16-30-62(64)60(58)44-42-50-35-39-52(40-36-50)46-66(55-23-9-3-10-24-55)56-25-11-4-12-26-56/h1-48H. The second-order valence-corrected chi connectivity index (χ2v) is 17.2.